The summed E-state index contributed by atoms with van der Waals surface area (Å²) in [6.07, 6.45) is 0. The third kappa shape index (κ3) is 2.07. The first kappa shape index (κ1) is 11.2. The van der Waals surface area contributed by atoms with Gasteiger partial charge in [-0.2, -0.15) is 0 Å². The van der Waals surface area contributed by atoms with Gasteiger partial charge in [0.1, 0.15) is 5.01 Å². The van der Waals surface area contributed by atoms with Gasteiger partial charge < -0.3 is 0 Å². The van der Waals surface area contributed by atoms with Crippen LogP contribution in [-0.4, -0.2) is 4.98 Å². The summed E-state index contributed by atoms with van der Waals surface area (Å²) in [6, 6.07) is 19.7. The largest absolute Gasteiger partial charge is 0.241 e. The molecule has 0 aliphatic carbocycles. The Labute approximate surface area is 111 Å². The topological polar surface area (TPSA) is 12.9 Å². The van der Waals surface area contributed by atoms with E-state index in [0.29, 0.717) is 0 Å². The summed E-state index contributed by atoms with van der Waals surface area (Å²) in [5, 5.41) is 3.15. The third-order valence-electron chi connectivity index (χ3n) is 2.78. The van der Waals surface area contributed by atoms with Gasteiger partial charge in [0.15, 0.2) is 0 Å². The van der Waals surface area contributed by atoms with Crippen LogP contribution in [0.15, 0.2) is 53.9 Å². The zero-order chi connectivity index (χ0) is 12.4. The molecule has 0 spiro atoms. The lowest BCUT2D eigenvalue weighted by Crippen LogP contribution is -1.84. The van der Waals surface area contributed by atoms with Crippen LogP contribution in [-0.2, 0) is 0 Å². The van der Waals surface area contributed by atoms with E-state index in [-0.39, 0.29) is 0 Å². The number of hydrogen-bond acceptors (Lipinski definition) is 2. The number of benzene rings is 2. The average Bonchev–Trinajstić information content (AvgIpc) is 2.86. The van der Waals surface area contributed by atoms with Gasteiger partial charge in [-0.3, -0.25) is 0 Å². The first-order valence-corrected chi connectivity index (χ1v) is 6.71. The van der Waals surface area contributed by atoms with Crippen LogP contribution in [0.3, 0.4) is 0 Å². The number of aryl methyl sites for hydroxylation is 1. The second-order valence-corrected chi connectivity index (χ2v) is 4.97. The third-order valence-corrected chi connectivity index (χ3v) is 3.77. The predicted molar refractivity (Wildman–Crippen MR) is 76.6 cm³/mol. The highest BCUT2D eigenvalue weighted by Gasteiger charge is 2.09. The Morgan fingerprint density at radius 1 is 1.00 bits per heavy atom. The van der Waals surface area contributed by atoms with E-state index in [2.05, 4.69) is 46.8 Å². The summed E-state index contributed by atoms with van der Waals surface area (Å²) in [6.45, 7) is 2.03. The summed E-state index contributed by atoms with van der Waals surface area (Å²) in [5.74, 6) is 0. The number of rotatable bonds is 2. The predicted octanol–water partition coefficient (Wildman–Crippen LogP) is 4.59. The number of aromatic nitrogens is 1. The number of hydrogen-bond donors (Lipinski definition) is 0. The minimum atomic E-state index is 1.07. The molecule has 87 valence electrons. The molecule has 1 nitrogen and oxygen atoms in total. The summed E-state index contributed by atoms with van der Waals surface area (Å²) in [7, 11) is 0. The molecule has 0 bridgehead atoms. The van der Waals surface area contributed by atoms with E-state index >= 15 is 0 Å². The van der Waals surface area contributed by atoms with Gasteiger partial charge in [0.2, 0.25) is 0 Å². The highest BCUT2D eigenvalue weighted by Crippen LogP contribution is 2.33. The first-order chi connectivity index (χ1) is 8.84. The van der Waals surface area contributed by atoms with Crippen molar-refractivity contribution in [3.05, 3.63) is 65.7 Å². The normalized spacial score (nSPS) is 10.5. The van der Waals surface area contributed by atoms with Crippen molar-refractivity contribution in [3.8, 4) is 21.7 Å². The van der Waals surface area contributed by atoms with Gasteiger partial charge in [-0.25, -0.2) is 4.98 Å². The van der Waals surface area contributed by atoms with E-state index < -0.39 is 0 Å². The molecule has 1 heterocycles. The van der Waals surface area contributed by atoms with E-state index in [0.717, 1.165) is 16.3 Å². The molecule has 0 aliphatic rings. The molecule has 18 heavy (non-hydrogen) atoms. The molecule has 2 aromatic carbocycles. The first-order valence-electron chi connectivity index (χ1n) is 5.83. The molecule has 3 aromatic rings. The fourth-order valence-electron chi connectivity index (χ4n) is 1.94. The molecule has 0 N–H and O–H groups in total. The Morgan fingerprint density at radius 3 is 2.44 bits per heavy atom. The monoisotopic (exact) mass is 250 g/mol. The molecular formula is C16H12NS. The van der Waals surface area contributed by atoms with Crippen LogP contribution in [0.1, 0.15) is 5.69 Å². The lowest BCUT2D eigenvalue weighted by molar-refractivity contribution is 1.27. The Hall–Kier alpha value is -1.93. The maximum absolute atomic E-state index is 4.57. The molecule has 0 atom stereocenters. The van der Waals surface area contributed by atoms with E-state index in [1.807, 2.05) is 25.1 Å². The van der Waals surface area contributed by atoms with Gasteiger partial charge in [-0.15, -0.1) is 11.3 Å². The zero-order valence-corrected chi connectivity index (χ0v) is 10.9. The van der Waals surface area contributed by atoms with Gasteiger partial charge in [0.25, 0.3) is 0 Å². The molecule has 1 aromatic heterocycles. The van der Waals surface area contributed by atoms with Crippen molar-refractivity contribution in [2.45, 2.75) is 6.92 Å². The zero-order valence-electron chi connectivity index (χ0n) is 10.1. The van der Waals surface area contributed by atoms with Crippen molar-refractivity contribution in [1.29, 1.82) is 0 Å². The second kappa shape index (κ2) is 4.75. The van der Waals surface area contributed by atoms with E-state index in [1.54, 1.807) is 11.3 Å². The second-order valence-electron chi connectivity index (χ2n) is 4.12. The van der Waals surface area contributed by atoms with Crippen LogP contribution in [0.2, 0.25) is 0 Å². The maximum atomic E-state index is 4.57. The number of nitrogens with zero attached hydrogens (tertiary/aromatic N) is 1. The van der Waals surface area contributed by atoms with Crippen molar-refractivity contribution in [2.24, 2.45) is 0 Å². The fraction of sp³-hybridized carbons (Fsp3) is 0.0625. The minimum Gasteiger partial charge on any atom is -0.241 e. The van der Waals surface area contributed by atoms with Gasteiger partial charge in [-0.05, 0) is 24.1 Å². The van der Waals surface area contributed by atoms with E-state index in [1.165, 1.54) is 11.1 Å². The van der Waals surface area contributed by atoms with Crippen LogP contribution in [0.25, 0.3) is 21.7 Å². The van der Waals surface area contributed by atoms with E-state index in [9.17, 15) is 0 Å². The summed E-state index contributed by atoms with van der Waals surface area (Å²) >= 11 is 1.69. The fourth-order valence-corrected chi connectivity index (χ4v) is 2.78. The van der Waals surface area contributed by atoms with Gasteiger partial charge >= 0.3 is 0 Å². The van der Waals surface area contributed by atoms with Gasteiger partial charge in [0.05, 0.1) is 0 Å². The van der Waals surface area contributed by atoms with Crippen molar-refractivity contribution in [2.75, 3.05) is 0 Å². The Kier molecular flexibility index (Phi) is 2.95. The molecular weight excluding hydrogens is 238 g/mol. The Balaban J connectivity index is 2.17. The van der Waals surface area contributed by atoms with Crippen LogP contribution in [0, 0.1) is 13.0 Å². The smallest absolute Gasteiger partial charge is 0.124 e. The highest BCUT2D eigenvalue weighted by atomic mass is 32.1. The lowest BCUT2D eigenvalue weighted by Gasteiger charge is -2.06. The average molecular weight is 250 g/mol. The summed E-state index contributed by atoms with van der Waals surface area (Å²) in [5.41, 5.74) is 4.55. The van der Waals surface area contributed by atoms with Crippen LogP contribution in [0.5, 0.6) is 0 Å². The van der Waals surface area contributed by atoms with Crippen molar-refractivity contribution < 1.29 is 0 Å². The molecule has 0 aliphatic heterocycles. The van der Waals surface area contributed by atoms with Crippen molar-refractivity contribution in [1.82, 2.24) is 4.98 Å². The quantitative estimate of drug-likeness (QED) is 0.648. The van der Waals surface area contributed by atoms with Crippen LogP contribution in [0.4, 0.5) is 0 Å². The van der Waals surface area contributed by atoms with Crippen LogP contribution < -0.4 is 0 Å². The molecule has 1 radical (unpaired) electrons. The molecule has 3 rings (SSSR count). The SMILES string of the molecule is Cc1csc(-c2ccccc2-c2[c]cccc2)n1. The highest BCUT2D eigenvalue weighted by molar-refractivity contribution is 7.13. The Morgan fingerprint density at radius 2 is 1.78 bits per heavy atom. The lowest BCUT2D eigenvalue weighted by atomic mass is 10.0. The molecule has 0 saturated heterocycles. The number of thiazole rings is 1. The van der Waals surface area contributed by atoms with Gasteiger partial charge in [-0.1, -0.05) is 48.5 Å². The maximum Gasteiger partial charge on any atom is 0.124 e. The summed E-state index contributed by atoms with van der Waals surface area (Å²) < 4.78 is 0. The van der Waals surface area contributed by atoms with E-state index in [4.69, 9.17) is 0 Å². The van der Waals surface area contributed by atoms with Crippen LogP contribution >= 0.6 is 11.3 Å². The standard InChI is InChI=1S/C16H12NS/c1-12-11-18-16(17-12)15-10-6-5-9-14(15)13-7-3-2-4-8-13/h2-7,9-11H,1H3. The Bertz CT molecular complexity index is 656. The molecule has 0 amide bonds. The minimum absolute atomic E-state index is 1.07. The molecule has 0 fully saturated rings. The van der Waals surface area contributed by atoms with Crippen molar-refractivity contribution in [3.63, 3.8) is 0 Å². The molecule has 2 heteroatoms. The molecule has 0 saturated carbocycles. The summed E-state index contributed by atoms with van der Waals surface area (Å²) in [4.78, 5) is 4.57. The van der Waals surface area contributed by atoms with Crippen molar-refractivity contribution >= 4 is 11.3 Å². The molecule has 0 unspecified atom stereocenters. The van der Waals surface area contributed by atoms with Gasteiger partial charge in [0, 0.05) is 16.6 Å².